The van der Waals surface area contributed by atoms with Crippen LogP contribution in [0, 0.1) is 10.1 Å². The normalized spacial score (nSPS) is 9.83. The number of hydrogen-bond acceptors (Lipinski definition) is 2. The van der Waals surface area contributed by atoms with Gasteiger partial charge in [0.1, 0.15) is 0 Å². The summed E-state index contributed by atoms with van der Waals surface area (Å²) in [6.45, 7) is 0. The summed E-state index contributed by atoms with van der Waals surface area (Å²) >= 11 is 11.2. The van der Waals surface area contributed by atoms with E-state index in [1.165, 1.54) is 18.2 Å². The molecule has 0 aromatic heterocycles. The molecule has 1 aromatic rings. The second-order valence-corrected chi connectivity index (χ2v) is 2.84. The van der Waals surface area contributed by atoms with Crippen LogP contribution in [-0.4, -0.2) is 4.92 Å². The van der Waals surface area contributed by atoms with Gasteiger partial charge < -0.3 is 0 Å². The quantitative estimate of drug-likeness (QED) is 0.424. The van der Waals surface area contributed by atoms with Crippen molar-refractivity contribution in [1.29, 1.82) is 0 Å². The van der Waals surface area contributed by atoms with Crippen LogP contribution in [-0.2, 0) is 5.88 Å². The zero-order valence-electron chi connectivity index (χ0n) is 5.96. The van der Waals surface area contributed by atoms with Gasteiger partial charge in [0.25, 0.3) is 5.69 Å². The summed E-state index contributed by atoms with van der Waals surface area (Å²) < 4.78 is 0. The number of benzene rings is 1. The number of non-ortho nitro benzene ring substituents is 1. The fourth-order valence-electron chi connectivity index (χ4n) is 0.777. The van der Waals surface area contributed by atoms with Crippen molar-refractivity contribution in [2.45, 2.75) is 5.88 Å². The number of halogens is 2. The van der Waals surface area contributed by atoms with Crippen molar-refractivity contribution in [2.75, 3.05) is 0 Å². The third-order valence-corrected chi connectivity index (χ3v) is 2.04. The van der Waals surface area contributed by atoms with Crippen molar-refractivity contribution in [3.05, 3.63) is 38.9 Å². The number of rotatable bonds is 2. The number of hydrogen-bond donors (Lipinski definition) is 0. The van der Waals surface area contributed by atoms with Crippen molar-refractivity contribution in [3.63, 3.8) is 0 Å². The Bertz CT molecular complexity index is 314. The maximum atomic E-state index is 10.3. The summed E-state index contributed by atoms with van der Waals surface area (Å²) in [5.41, 5.74) is 0.586. The lowest BCUT2D eigenvalue weighted by Gasteiger charge is -1.97. The average molecular weight is 206 g/mol. The van der Waals surface area contributed by atoms with E-state index in [0.29, 0.717) is 10.6 Å². The molecule has 0 aliphatic heterocycles. The number of nitro groups is 1. The molecular formula is C7H5Cl2NO2. The third-order valence-electron chi connectivity index (χ3n) is 1.38. The van der Waals surface area contributed by atoms with Gasteiger partial charge in [-0.15, -0.1) is 11.6 Å². The minimum absolute atomic E-state index is 0.00931. The Kier molecular flexibility index (Phi) is 2.89. The van der Waals surface area contributed by atoms with E-state index in [1.807, 2.05) is 0 Å². The summed E-state index contributed by atoms with van der Waals surface area (Å²) in [6, 6.07) is 4.19. The van der Waals surface area contributed by atoms with E-state index in [4.69, 9.17) is 23.2 Å². The fraction of sp³-hybridized carbons (Fsp3) is 0.143. The van der Waals surface area contributed by atoms with Gasteiger partial charge in [-0.1, -0.05) is 11.6 Å². The lowest BCUT2D eigenvalue weighted by atomic mass is 10.2. The molecule has 0 radical (unpaired) electrons. The molecule has 0 saturated heterocycles. The van der Waals surface area contributed by atoms with Gasteiger partial charge in [0.2, 0.25) is 0 Å². The van der Waals surface area contributed by atoms with Crippen LogP contribution >= 0.6 is 23.2 Å². The molecule has 0 aliphatic rings. The van der Waals surface area contributed by atoms with Gasteiger partial charge in [-0.05, 0) is 11.6 Å². The summed E-state index contributed by atoms with van der Waals surface area (Å²) in [5, 5.41) is 10.8. The maximum absolute atomic E-state index is 10.3. The van der Waals surface area contributed by atoms with Gasteiger partial charge >= 0.3 is 0 Å². The van der Waals surface area contributed by atoms with Crippen molar-refractivity contribution < 1.29 is 4.92 Å². The summed E-state index contributed by atoms with van der Waals surface area (Å²) in [7, 11) is 0. The highest BCUT2D eigenvalue weighted by atomic mass is 35.5. The van der Waals surface area contributed by atoms with Crippen LogP contribution in [0.4, 0.5) is 5.69 Å². The van der Waals surface area contributed by atoms with Crippen molar-refractivity contribution in [3.8, 4) is 0 Å². The zero-order chi connectivity index (χ0) is 9.14. The highest BCUT2D eigenvalue weighted by molar-refractivity contribution is 6.32. The van der Waals surface area contributed by atoms with Gasteiger partial charge in [-0.3, -0.25) is 10.1 Å². The van der Waals surface area contributed by atoms with Crippen LogP contribution in [0.3, 0.4) is 0 Å². The second-order valence-electron chi connectivity index (χ2n) is 2.17. The first-order valence-corrected chi connectivity index (χ1v) is 4.05. The van der Waals surface area contributed by atoms with Crippen LogP contribution in [0.15, 0.2) is 18.2 Å². The van der Waals surface area contributed by atoms with E-state index in [1.54, 1.807) is 0 Å². The van der Waals surface area contributed by atoms with Crippen LogP contribution in [0.2, 0.25) is 5.02 Å². The van der Waals surface area contributed by atoms with E-state index in [2.05, 4.69) is 0 Å². The Morgan fingerprint density at radius 2 is 2.17 bits per heavy atom. The predicted octanol–water partition coefficient (Wildman–Crippen LogP) is 2.99. The predicted molar refractivity (Wildman–Crippen MR) is 47.7 cm³/mol. The summed E-state index contributed by atoms with van der Waals surface area (Å²) in [6.07, 6.45) is 0. The van der Waals surface area contributed by atoms with Gasteiger partial charge in [0.15, 0.2) is 0 Å². The lowest BCUT2D eigenvalue weighted by molar-refractivity contribution is -0.384. The lowest BCUT2D eigenvalue weighted by Crippen LogP contribution is -1.89. The van der Waals surface area contributed by atoms with E-state index < -0.39 is 4.92 Å². The van der Waals surface area contributed by atoms with Crippen LogP contribution in [0.25, 0.3) is 0 Å². The first-order chi connectivity index (χ1) is 5.65. The van der Waals surface area contributed by atoms with E-state index in [-0.39, 0.29) is 11.6 Å². The molecule has 3 nitrogen and oxygen atoms in total. The topological polar surface area (TPSA) is 43.1 Å². The van der Waals surface area contributed by atoms with Crippen LogP contribution in [0.5, 0.6) is 0 Å². The maximum Gasteiger partial charge on any atom is 0.269 e. The molecule has 64 valence electrons. The Morgan fingerprint density at radius 3 is 2.67 bits per heavy atom. The molecule has 0 spiro atoms. The minimum atomic E-state index is -0.480. The third kappa shape index (κ3) is 1.87. The monoisotopic (exact) mass is 205 g/mol. The van der Waals surface area contributed by atoms with Crippen LogP contribution in [0.1, 0.15) is 5.56 Å². The molecule has 12 heavy (non-hydrogen) atoms. The number of nitro benzene ring substituents is 1. The molecule has 0 aliphatic carbocycles. The summed E-state index contributed by atoms with van der Waals surface area (Å²) in [4.78, 5) is 9.82. The molecule has 5 heteroatoms. The zero-order valence-corrected chi connectivity index (χ0v) is 7.47. The van der Waals surface area contributed by atoms with E-state index in [0.717, 1.165) is 0 Å². The van der Waals surface area contributed by atoms with Crippen LogP contribution < -0.4 is 0 Å². The molecule has 0 N–H and O–H groups in total. The highest BCUT2D eigenvalue weighted by Crippen LogP contribution is 2.22. The molecule has 0 fully saturated rings. The first kappa shape index (κ1) is 9.29. The molecule has 0 unspecified atom stereocenters. The molecule has 0 atom stereocenters. The Hall–Kier alpha value is -0.800. The van der Waals surface area contributed by atoms with Crippen molar-refractivity contribution in [2.24, 2.45) is 0 Å². The molecule has 0 saturated carbocycles. The standard InChI is InChI=1S/C7H5Cl2NO2/c8-4-5-3-6(10(11)12)1-2-7(5)9/h1-3H,4H2. The van der Waals surface area contributed by atoms with E-state index in [9.17, 15) is 10.1 Å². The Morgan fingerprint density at radius 1 is 1.50 bits per heavy atom. The first-order valence-electron chi connectivity index (χ1n) is 3.14. The number of alkyl halides is 1. The van der Waals surface area contributed by atoms with Gasteiger partial charge in [-0.2, -0.15) is 0 Å². The van der Waals surface area contributed by atoms with Gasteiger partial charge in [0.05, 0.1) is 4.92 Å². The molecular weight excluding hydrogens is 201 g/mol. The summed E-state index contributed by atoms with van der Waals surface area (Å²) in [5.74, 6) is 0.181. The van der Waals surface area contributed by atoms with Crippen molar-refractivity contribution >= 4 is 28.9 Å². The molecule has 1 aromatic carbocycles. The van der Waals surface area contributed by atoms with Crippen molar-refractivity contribution in [1.82, 2.24) is 0 Å². The smallest absolute Gasteiger partial charge is 0.258 e. The SMILES string of the molecule is O=[N+]([O-])c1ccc(Cl)c(CCl)c1. The molecule has 0 amide bonds. The minimum Gasteiger partial charge on any atom is -0.258 e. The molecule has 0 bridgehead atoms. The molecule has 1 rings (SSSR count). The average Bonchev–Trinajstić information content (AvgIpc) is 2.05. The van der Waals surface area contributed by atoms with Gasteiger partial charge in [-0.25, -0.2) is 0 Å². The Labute approximate surface area is 79.1 Å². The molecule has 0 heterocycles. The highest BCUT2D eigenvalue weighted by Gasteiger charge is 2.08. The number of nitrogens with zero attached hydrogens (tertiary/aromatic N) is 1. The second kappa shape index (κ2) is 3.74. The fourth-order valence-corrected chi connectivity index (χ4v) is 1.25. The Balaban J connectivity index is 3.13. The van der Waals surface area contributed by atoms with E-state index >= 15 is 0 Å². The largest absolute Gasteiger partial charge is 0.269 e. The van der Waals surface area contributed by atoms with Gasteiger partial charge in [0, 0.05) is 23.0 Å².